The van der Waals surface area contributed by atoms with Gasteiger partial charge in [-0.3, -0.25) is 4.79 Å². The number of carbonyl (C=O) groups is 1. The number of ketones is 1. The van der Waals surface area contributed by atoms with Crippen LogP contribution in [-0.2, 0) is 6.54 Å². The SMILES string of the molecule is CCn1ccnc1C(=O)c1cc(N)cc(Br)c1. The third-order valence-corrected chi connectivity index (χ3v) is 2.90. The standard InChI is InChI=1S/C12H12BrN3O/c1-2-16-4-3-15-12(16)11(17)8-5-9(13)7-10(14)6-8/h3-7H,2,14H2,1H3. The van der Waals surface area contributed by atoms with Crippen LogP contribution in [-0.4, -0.2) is 15.3 Å². The van der Waals surface area contributed by atoms with E-state index in [0.717, 1.165) is 4.47 Å². The molecule has 0 aliphatic heterocycles. The summed E-state index contributed by atoms with van der Waals surface area (Å²) in [7, 11) is 0. The van der Waals surface area contributed by atoms with Crippen molar-refractivity contribution in [2.24, 2.45) is 0 Å². The van der Waals surface area contributed by atoms with Crippen LogP contribution >= 0.6 is 15.9 Å². The number of anilines is 1. The zero-order valence-corrected chi connectivity index (χ0v) is 10.9. The van der Waals surface area contributed by atoms with Gasteiger partial charge in [-0.1, -0.05) is 15.9 Å². The van der Waals surface area contributed by atoms with E-state index in [9.17, 15) is 4.79 Å². The van der Waals surface area contributed by atoms with Gasteiger partial charge >= 0.3 is 0 Å². The molecule has 4 nitrogen and oxygen atoms in total. The van der Waals surface area contributed by atoms with Crippen LogP contribution in [0.15, 0.2) is 35.1 Å². The summed E-state index contributed by atoms with van der Waals surface area (Å²) in [6, 6.07) is 5.15. The second-order valence-electron chi connectivity index (χ2n) is 3.64. The van der Waals surface area contributed by atoms with E-state index < -0.39 is 0 Å². The van der Waals surface area contributed by atoms with Crippen LogP contribution in [0.25, 0.3) is 0 Å². The molecule has 0 saturated heterocycles. The van der Waals surface area contributed by atoms with Crippen LogP contribution in [0.5, 0.6) is 0 Å². The Morgan fingerprint density at radius 2 is 2.24 bits per heavy atom. The molecule has 0 bridgehead atoms. The Hall–Kier alpha value is -1.62. The van der Waals surface area contributed by atoms with E-state index in [-0.39, 0.29) is 5.78 Å². The highest BCUT2D eigenvalue weighted by Gasteiger charge is 2.15. The van der Waals surface area contributed by atoms with Gasteiger partial charge in [-0.25, -0.2) is 4.98 Å². The molecule has 1 heterocycles. The molecule has 0 atom stereocenters. The first-order valence-electron chi connectivity index (χ1n) is 5.23. The monoisotopic (exact) mass is 293 g/mol. The lowest BCUT2D eigenvalue weighted by Crippen LogP contribution is -2.10. The number of nitrogens with two attached hydrogens (primary N) is 1. The van der Waals surface area contributed by atoms with Crippen molar-refractivity contribution >= 4 is 27.4 Å². The summed E-state index contributed by atoms with van der Waals surface area (Å²) < 4.78 is 2.59. The van der Waals surface area contributed by atoms with Gasteiger partial charge in [0.25, 0.3) is 0 Å². The lowest BCUT2D eigenvalue weighted by molar-refractivity contribution is 0.102. The zero-order chi connectivity index (χ0) is 12.4. The summed E-state index contributed by atoms with van der Waals surface area (Å²) in [5, 5.41) is 0. The maximum Gasteiger partial charge on any atom is 0.228 e. The van der Waals surface area contributed by atoms with E-state index in [0.29, 0.717) is 23.6 Å². The fraction of sp³-hybridized carbons (Fsp3) is 0.167. The molecule has 0 fully saturated rings. The minimum Gasteiger partial charge on any atom is -0.399 e. The second kappa shape index (κ2) is 4.71. The van der Waals surface area contributed by atoms with E-state index in [4.69, 9.17) is 5.73 Å². The molecule has 2 aromatic rings. The van der Waals surface area contributed by atoms with E-state index in [1.807, 2.05) is 6.92 Å². The summed E-state index contributed by atoms with van der Waals surface area (Å²) in [6.07, 6.45) is 3.41. The van der Waals surface area contributed by atoms with Gasteiger partial charge in [0.05, 0.1) is 0 Å². The first kappa shape index (κ1) is 11.9. The molecule has 0 radical (unpaired) electrons. The van der Waals surface area contributed by atoms with Crippen LogP contribution in [0.2, 0.25) is 0 Å². The minimum absolute atomic E-state index is 0.121. The van der Waals surface area contributed by atoms with Crippen molar-refractivity contribution in [3.05, 3.63) is 46.5 Å². The van der Waals surface area contributed by atoms with Crippen LogP contribution in [0.1, 0.15) is 23.1 Å². The molecule has 88 valence electrons. The van der Waals surface area contributed by atoms with Gasteiger partial charge in [-0.2, -0.15) is 0 Å². The number of hydrogen-bond donors (Lipinski definition) is 1. The van der Waals surface area contributed by atoms with Gasteiger partial charge in [-0.05, 0) is 25.1 Å². The van der Waals surface area contributed by atoms with E-state index >= 15 is 0 Å². The summed E-state index contributed by atoms with van der Waals surface area (Å²) in [5.41, 5.74) is 6.80. The largest absolute Gasteiger partial charge is 0.399 e. The second-order valence-corrected chi connectivity index (χ2v) is 4.55. The molecule has 0 amide bonds. The zero-order valence-electron chi connectivity index (χ0n) is 9.35. The first-order chi connectivity index (χ1) is 8.11. The molecule has 0 aliphatic rings. The highest BCUT2D eigenvalue weighted by Crippen LogP contribution is 2.19. The van der Waals surface area contributed by atoms with Gasteiger partial charge < -0.3 is 10.3 Å². The smallest absolute Gasteiger partial charge is 0.228 e. The molecule has 2 rings (SSSR count). The van der Waals surface area contributed by atoms with Gasteiger partial charge in [0.1, 0.15) is 0 Å². The molecule has 0 aliphatic carbocycles. The number of halogens is 1. The van der Waals surface area contributed by atoms with Crippen LogP contribution in [0, 0.1) is 0 Å². The molecular formula is C12H12BrN3O. The molecule has 0 saturated carbocycles. The average molecular weight is 294 g/mol. The molecule has 17 heavy (non-hydrogen) atoms. The Balaban J connectivity index is 2.43. The summed E-state index contributed by atoms with van der Waals surface area (Å²) in [5.74, 6) is 0.315. The van der Waals surface area contributed by atoms with E-state index in [1.54, 1.807) is 35.2 Å². The van der Waals surface area contributed by atoms with Crippen molar-refractivity contribution in [1.82, 2.24) is 9.55 Å². The van der Waals surface area contributed by atoms with Gasteiger partial charge in [0.15, 0.2) is 5.82 Å². The molecule has 2 N–H and O–H groups in total. The Bertz CT molecular complexity index is 542. The Kier molecular flexibility index (Phi) is 3.28. The number of nitrogen functional groups attached to an aromatic ring is 1. The third-order valence-electron chi connectivity index (χ3n) is 2.44. The van der Waals surface area contributed by atoms with Crippen molar-refractivity contribution in [1.29, 1.82) is 0 Å². The highest BCUT2D eigenvalue weighted by atomic mass is 79.9. The number of rotatable bonds is 3. The predicted octanol–water partition coefficient (Wildman–Crippen LogP) is 2.48. The topological polar surface area (TPSA) is 60.9 Å². The van der Waals surface area contributed by atoms with Crippen LogP contribution in [0.4, 0.5) is 5.69 Å². The molecule has 5 heteroatoms. The summed E-state index contributed by atoms with van der Waals surface area (Å²) >= 11 is 3.32. The van der Waals surface area contributed by atoms with E-state index in [1.165, 1.54) is 0 Å². The molecular weight excluding hydrogens is 282 g/mol. The average Bonchev–Trinajstić information content (AvgIpc) is 2.74. The van der Waals surface area contributed by atoms with Crippen molar-refractivity contribution in [2.75, 3.05) is 5.73 Å². The summed E-state index contributed by atoms with van der Waals surface area (Å²) in [6.45, 7) is 2.68. The highest BCUT2D eigenvalue weighted by molar-refractivity contribution is 9.10. The molecule has 0 spiro atoms. The lowest BCUT2D eigenvalue weighted by Gasteiger charge is -2.05. The van der Waals surface area contributed by atoms with Crippen LogP contribution in [0.3, 0.4) is 0 Å². The molecule has 1 aromatic heterocycles. The minimum atomic E-state index is -0.121. The summed E-state index contributed by atoms with van der Waals surface area (Å²) in [4.78, 5) is 16.3. The quantitative estimate of drug-likeness (QED) is 0.699. The fourth-order valence-corrected chi connectivity index (χ4v) is 2.16. The van der Waals surface area contributed by atoms with Gasteiger partial charge in [0.2, 0.25) is 5.78 Å². The number of nitrogens with zero attached hydrogens (tertiary/aromatic N) is 2. The lowest BCUT2D eigenvalue weighted by atomic mass is 10.1. The predicted molar refractivity (Wildman–Crippen MR) is 69.9 cm³/mol. The number of aromatic nitrogens is 2. The Morgan fingerprint density at radius 1 is 1.47 bits per heavy atom. The van der Waals surface area contributed by atoms with Crippen molar-refractivity contribution in [3.63, 3.8) is 0 Å². The maximum atomic E-state index is 12.2. The normalized spacial score (nSPS) is 10.5. The number of hydrogen-bond acceptors (Lipinski definition) is 3. The first-order valence-corrected chi connectivity index (χ1v) is 6.03. The fourth-order valence-electron chi connectivity index (χ4n) is 1.65. The number of benzene rings is 1. The van der Waals surface area contributed by atoms with E-state index in [2.05, 4.69) is 20.9 Å². The van der Waals surface area contributed by atoms with Crippen LogP contribution < -0.4 is 5.73 Å². The maximum absolute atomic E-state index is 12.2. The Labute approximate surface area is 108 Å². The third kappa shape index (κ3) is 2.39. The van der Waals surface area contributed by atoms with Gasteiger partial charge in [-0.15, -0.1) is 0 Å². The number of carbonyl (C=O) groups excluding carboxylic acids is 1. The van der Waals surface area contributed by atoms with Gasteiger partial charge in [0, 0.05) is 34.7 Å². The molecule has 1 aromatic carbocycles. The van der Waals surface area contributed by atoms with Crippen molar-refractivity contribution in [3.8, 4) is 0 Å². The number of imidazole rings is 1. The molecule has 0 unspecified atom stereocenters. The Morgan fingerprint density at radius 3 is 2.88 bits per heavy atom. The van der Waals surface area contributed by atoms with Crippen molar-refractivity contribution < 1.29 is 4.79 Å². The number of aryl methyl sites for hydroxylation is 1. The van der Waals surface area contributed by atoms with Crippen molar-refractivity contribution in [2.45, 2.75) is 13.5 Å².